The predicted octanol–water partition coefficient (Wildman–Crippen LogP) is 4.64. The van der Waals surface area contributed by atoms with E-state index < -0.39 is 17.8 Å². The number of benzene rings is 1. The van der Waals surface area contributed by atoms with E-state index in [4.69, 9.17) is 11.6 Å². The molecule has 0 saturated heterocycles. The van der Waals surface area contributed by atoms with E-state index in [0.29, 0.717) is 0 Å². The Balaban J connectivity index is 2.08. The Morgan fingerprint density at radius 3 is 2.48 bits per heavy atom. The molecule has 122 valence electrons. The molecule has 1 aromatic heterocycles. The van der Waals surface area contributed by atoms with Crippen LogP contribution in [0.25, 0.3) is 0 Å². The van der Waals surface area contributed by atoms with Gasteiger partial charge in [0.15, 0.2) is 0 Å². The van der Waals surface area contributed by atoms with Crippen LogP contribution in [0.4, 0.5) is 23.7 Å². The van der Waals surface area contributed by atoms with Crippen LogP contribution in [0, 0.1) is 0 Å². The Bertz CT molecular complexity index is 692. The van der Waals surface area contributed by atoms with Crippen LogP contribution >= 0.6 is 11.6 Å². The summed E-state index contributed by atoms with van der Waals surface area (Å²) in [6.07, 6.45) is -1.36. The van der Waals surface area contributed by atoms with Crippen molar-refractivity contribution in [2.24, 2.45) is 0 Å². The number of rotatable bonds is 3. The minimum Gasteiger partial charge on any atom is -0.331 e. The van der Waals surface area contributed by atoms with Crippen LogP contribution in [-0.4, -0.2) is 11.0 Å². The largest absolute Gasteiger partial charge is 0.416 e. The van der Waals surface area contributed by atoms with Gasteiger partial charge in [0.25, 0.3) is 0 Å². The van der Waals surface area contributed by atoms with Gasteiger partial charge in [0.1, 0.15) is 0 Å². The molecule has 0 bridgehead atoms. The van der Waals surface area contributed by atoms with Gasteiger partial charge in [-0.1, -0.05) is 11.6 Å². The number of alkyl halides is 3. The number of urea groups is 1. The van der Waals surface area contributed by atoms with Crippen LogP contribution in [0.5, 0.6) is 0 Å². The fourth-order valence-corrected chi connectivity index (χ4v) is 2.05. The molecule has 2 aromatic rings. The van der Waals surface area contributed by atoms with Crippen LogP contribution in [0.15, 0.2) is 42.7 Å². The van der Waals surface area contributed by atoms with Gasteiger partial charge in [-0.3, -0.25) is 4.98 Å². The summed E-state index contributed by atoms with van der Waals surface area (Å²) in [5, 5.41) is 4.96. The predicted molar refractivity (Wildman–Crippen MR) is 81.3 cm³/mol. The first-order valence-corrected chi connectivity index (χ1v) is 6.99. The number of hydrogen-bond donors (Lipinski definition) is 2. The highest BCUT2D eigenvalue weighted by atomic mass is 35.5. The monoisotopic (exact) mass is 343 g/mol. The molecule has 2 rings (SSSR count). The van der Waals surface area contributed by atoms with E-state index >= 15 is 0 Å². The van der Waals surface area contributed by atoms with Gasteiger partial charge >= 0.3 is 12.2 Å². The molecule has 8 heteroatoms. The fraction of sp³-hybridized carbons (Fsp3) is 0.200. The molecule has 23 heavy (non-hydrogen) atoms. The van der Waals surface area contributed by atoms with Crippen molar-refractivity contribution in [1.29, 1.82) is 0 Å². The molecule has 0 radical (unpaired) electrons. The molecule has 0 saturated carbocycles. The van der Waals surface area contributed by atoms with E-state index in [2.05, 4.69) is 15.6 Å². The molecule has 2 N–H and O–H groups in total. The molecule has 4 nitrogen and oxygen atoms in total. The number of pyridine rings is 1. The molecule has 0 spiro atoms. The van der Waals surface area contributed by atoms with Crippen molar-refractivity contribution in [1.82, 2.24) is 10.3 Å². The van der Waals surface area contributed by atoms with Crippen molar-refractivity contribution in [2.75, 3.05) is 5.32 Å². The molecule has 0 fully saturated rings. The van der Waals surface area contributed by atoms with Gasteiger partial charge < -0.3 is 10.6 Å². The second-order valence-corrected chi connectivity index (χ2v) is 5.20. The first-order valence-electron chi connectivity index (χ1n) is 6.61. The summed E-state index contributed by atoms with van der Waals surface area (Å²) in [5.41, 5.74) is -0.189. The zero-order valence-electron chi connectivity index (χ0n) is 12.0. The molecule has 2 amide bonds. The smallest absolute Gasteiger partial charge is 0.331 e. The van der Waals surface area contributed by atoms with Gasteiger partial charge in [-0.25, -0.2) is 4.79 Å². The minimum absolute atomic E-state index is 0.0183. The normalized spacial score (nSPS) is 12.6. The number of aromatic nitrogens is 1. The lowest BCUT2D eigenvalue weighted by Gasteiger charge is -2.16. The lowest BCUT2D eigenvalue weighted by molar-refractivity contribution is -0.137. The lowest BCUT2D eigenvalue weighted by Crippen LogP contribution is -2.31. The van der Waals surface area contributed by atoms with Crippen LogP contribution in [0.2, 0.25) is 5.02 Å². The number of anilines is 1. The maximum absolute atomic E-state index is 12.7. The molecule has 0 aliphatic heterocycles. The summed E-state index contributed by atoms with van der Waals surface area (Å²) in [7, 11) is 0. The maximum Gasteiger partial charge on any atom is 0.416 e. The third kappa shape index (κ3) is 4.59. The Hall–Kier alpha value is -2.28. The first kappa shape index (κ1) is 17.1. The number of carbonyl (C=O) groups is 1. The zero-order valence-corrected chi connectivity index (χ0v) is 12.7. The number of amides is 2. The highest BCUT2D eigenvalue weighted by Crippen LogP contribution is 2.33. The molecule has 0 aliphatic carbocycles. The fourth-order valence-electron chi connectivity index (χ4n) is 1.89. The van der Waals surface area contributed by atoms with Crippen LogP contribution in [-0.2, 0) is 6.18 Å². The van der Waals surface area contributed by atoms with E-state index in [0.717, 1.165) is 23.8 Å². The maximum atomic E-state index is 12.7. The number of halogens is 4. The highest BCUT2D eigenvalue weighted by molar-refractivity contribution is 6.33. The van der Waals surface area contributed by atoms with Gasteiger partial charge in [0.2, 0.25) is 0 Å². The SMILES string of the molecule is C[C@@H](NC(=O)Nc1cc(C(F)(F)F)ccc1Cl)c1ccncc1. The average molecular weight is 344 g/mol. The van der Waals surface area contributed by atoms with Crippen molar-refractivity contribution in [2.45, 2.75) is 19.1 Å². The third-order valence-corrected chi connectivity index (χ3v) is 3.43. The Kier molecular flexibility index (Phi) is 5.10. The average Bonchev–Trinajstić information content (AvgIpc) is 2.49. The second kappa shape index (κ2) is 6.87. The van der Waals surface area contributed by atoms with E-state index in [1.165, 1.54) is 0 Å². The quantitative estimate of drug-likeness (QED) is 0.853. The molecular weight excluding hydrogens is 331 g/mol. The lowest BCUT2D eigenvalue weighted by atomic mass is 10.1. The molecule has 1 heterocycles. The molecule has 0 aliphatic rings. The Labute approximate surface area is 135 Å². The van der Waals surface area contributed by atoms with Crippen molar-refractivity contribution in [3.63, 3.8) is 0 Å². The number of nitrogens with one attached hydrogen (secondary N) is 2. The molecular formula is C15H13ClF3N3O. The summed E-state index contributed by atoms with van der Waals surface area (Å²) >= 11 is 5.83. The molecule has 1 aromatic carbocycles. The van der Waals surface area contributed by atoms with Crippen LogP contribution < -0.4 is 10.6 Å². The van der Waals surface area contributed by atoms with E-state index in [1.807, 2.05) is 0 Å². The Morgan fingerprint density at radius 1 is 1.22 bits per heavy atom. The third-order valence-electron chi connectivity index (χ3n) is 3.10. The van der Waals surface area contributed by atoms with E-state index in [1.54, 1.807) is 31.5 Å². The van der Waals surface area contributed by atoms with Gasteiger partial charge in [0.05, 0.1) is 22.3 Å². The van der Waals surface area contributed by atoms with Gasteiger partial charge in [-0.2, -0.15) is 13.2 Å². The van der Waals surface area contributed by atoms with Crippen molar-refractivity contribution in [3.8, 4) is 0 Å². The Morgan fingerprint density at radius 2 is 1.87 bits per heavy atom. The minimum atomic E-state index is -4.51. The van der Waals surface area contributed by atoms with E-state index in [-0.39, 0.29) is 16.8 Å². The summed E-state index contributed by atoms with van der Waals surface area (Å²) in [6.45, 7) is 1.74. The second-order valence-electron chi connectivity index (χ2n) is 4.79. The molecule has 0 unspecified atom stereocenters. The van der Waals surface area contributed by atoms with Crippen molar-refractivity contribution < 1.29 is 18.0 Å². The van der Waals surface area contributed by atoms with Crippen LogP contribution in [0.1, 0.15) is 24.1 Å². The summed E-state index contributed by atoms with van der Waals surface area (Å²) < 4.78 is 38.1. The van der Waals surface area contributed by atoms with Crippen molar-refractivity contribution >= 4 is 23.3 Å². The van der Waals surface area contributed by atoms with Crippen LogP contribution in [0.3, 0.4) is 0 Å². The highest BCUT2D eigenvalue weighted by Gasteiger charge is 2.31. The van der Waals surface area contributed by atoms with Gasteiger partial charge in [-0.15, -0.1) is 0 Å². The summed E-state index contributed by atoms with van der Waals surface area (Å²) in [4.78, 5) is 15.8. The number of carbonyl (C=O) groups excluding carboxylic acids is 1. The summed E-state index contributed by atoms with van der Waals surface area (Å²) in [5.74, 6) is 0. The van der Waals surface area contributed by atoms with E-state index in [9.17, 15) is 18.0 Å². The number of hydrogen-bond acceptors (Lipinski definition) is 2. The zero-order chi connectivity index (χ0) is 17.0. The number of nitrogens with zero attached hydrogens (tertiary/aromatic N) is 1. The van der Waals surface area contributed by atoms with Gasteiger partial charge in [0, 0.05) is 12.4 Å². The van der Waals surface area contributed by atoms with Gasteiger partial charge in [-0.05, 0) is 42.8 Å². The molecule has 1 atom stereocenters. The summed E-state index contributed by atoms with van der Waals surface area (Å²) in [6, 6.07) is 5.18. The van der Waals surface area contributed by atoms with Crippen molar-refractivity contribution in [3.05, 3.63) is 58.9 Å². The standard InChI is InChI=1S/C15H13ClF3N3O/c1-9(10-4-6-20-7-5-10)21-14(23)22-13-8-11(15(17,18)19)2-3-12(13)16/h2-9H,1H3,(H2,21,22,23)/t9-/m1/s1. The first-order chi connectivity index (χ1) is 10.8. The topological polar surface area (TPSA) is 54.0 Å².